The smallest absolute Gasteiger partial charge is 0.336 e. The molecule has 0 fully saturated rings. The van der Waals surface area contributed by atoms with Gasteiger partial charge in [-0.25, -0.2) is 4.79 Å². The van der Waals surface area contributed by atoms with E-state index in [4.69, 9.17) is 14.2 Å². The van der Waals surface area contributed by atoms with Gasteiger partial charge in [0.2, 0.25) is 0 Å². The molecule has 0 unspecified atom stereocenters. The van der Waals surface area contributed by atoms with Crippen molar-refractivity contribution < 1.29 is 23.8 Å². The molecule has 5 nitrogen and oxygen atoms in total. The Bertz CT molecular complexity index is 1110. The summed E-state index contributed by atoms with van der Waals surface area (Å²) in [7, 11) is 1.61. The van der Waals surface area contributed by atoms with Crippen LogP contribution in [0.15, 0.2) is 78.9 Å². The number of carbonyl (C=O) groups excluding carboxylic acids is 2. The molecule has 33 heavy (non-hydrogen) atoms. The first kappa shape index (κ1) is 23.8. The van der Waals surface area contributed by atoms with Crippen molar-refractivity contribution in [3.05, 3.63) is 84.4 Å². The first-order valence-corrected chi connectivity index (χ1v) is 10.8. The lowest BCUT2D eigenvalue weighted by molar-refractivity contribution is -0.144. The van der Waals surface area contributed by atoms with E-state index in [2.05, 4.69) is 0 Å². The highest BCUT2D eigenvalue weighted by atomic mass is 16.5. The maximum atomic E-state index is 12.2. The average molecular weight is 445 g/mol. The van der Waals surface area contributed by atoms with Crippen molar-refractivity contribution in [1.82, 2.24) is 0 Å². The highest BCUT2D eigenvalue weighted by Gasteiger charge is 2.27. The zero-order valence-corrected chi connectivity index (χ0v) is 19.3. The van der Waals surface area contributed by atoms with Crippen LogP contribution in [0, 0.1) is 5.41 Å². The lowest BCUT2D eigenvalue weighted by Gasteiger charge is -2.20. The summed E-state index contributed by atoms with van der Waals surface area (Å²) in [5.74, 6) is 1.02. The highest BCUT2D eigenvalue weighted by Crippen LogP contribution is 2.27. The van der Waals surface area contributed by atoms with Crippen LogP contribution in [0.3, 0.4) is 0 Å². The standard InChI is InChI=1S/C28H28O5/c1-5-28(2,3)27(30)33-25-17-11-22(12-18-25)21-9-15-24(16-10-21)32-26(29)19-8-20-6-13-23(31-4)14-7-20/h6-19H,5H2,1-4H3/b19-8+. The first-order valence-electron chi connectivity index (χ1n) is 10.8. The van der Waals surface area contributed by atoms with Crippen LogP contribution < -0.4 is 14.2 Å². The maximum absolute atomic E-state index is 12.2. The summed E-state index contributed by atoms with van der Waals surface area (Å²) >= 11 is 0. The molecule has 0 saturated heterocycles. The van der Waals surface area contributed by atoms with Crippen molar-refractivity contribution >= 4 is 18.0 Å². The van der Waals surface area contributed by atoms with E-state index in [9.17, 15) is 9.59 Å². The molecule has 0 radical (unpaired) electrons. The van der Waals surface area contributed by atoms with Crippen LogP contribution in [0.4, 0.5) is 0 Å². The fourth-order valence-electron chi connectivity index (χ4n) is 2.85. The zero-order valence-electron chi connectivity index (χ0n) is 19.3. The fourth-order valence-corrected chi connectivity index (χ4v) is 2.85. The molecule has 0 N–H and O–H groups in total. The van der Waals surface area contributed by atoms with Crippen molar-refractivity contribution in [2.75, 3.05) is 7.11 Å². The molecule has 170 valence electrons. The van der Waals surface area contributed by atoms with Crippen LogP contribution >= 0.6 is 0 Å². The third kappa shape index (κ3) is 6.56. The van der Waals surface area contributed by atoms with Crippen LogP contribution in [0.25, 0.3) is 17.2 Å². The molecule has 0 atom stereocenters. The second kappa shape index (κ2) is 10.6. The lowest BCUT2D eigenvalue weighted by atomic mass is 9.91. The van der Waals surface area contributed by atoms with Gasteiger partial charge in [0, 0.05) is 6.08 Å². The minimum atomic E-state index is -0.518. The Morgan fingerprint density at radius 1 is 0.758 bits per heavy atom. The van der Waals surface area contributed by atoms with E-state index in [0.717, 1.165) is 22.4 Å². The summed E-state index contributed by atoms with van der Waals surface area (Å²) in [5.41, 5.74) is 2.27. The molecule has 0 spiro atoms. The second-order valence-corrected chi connectivity index (χ2v) is 8.20. The van der Waals surface area contributed by atoms with Crippen LogP contribution in [-0.4, -0.2) is 19.0 Å². The number of benzene rings is 3. The number of methoxy groups -OCH3 is 1. The van der Waals surface area contributed by atoms with Crippen molar-refractivity contribution in [2.24, 2.45) is 5.41 Å². The van der Waals surface area contributed by atoms with Crippen LogP contribution in [0.2, 0.25) is 0 Å². The molecule has 0 aliphatic rings. The summed E-state index contributed by atoms with van der Waals surface area (Å²) in [6, 6.07) is 21.9. The van der Waals surface area contributed by atoms with E-state index in [1.165, 1.54) is 6.08 Å². The summed E-state index contributed by atoms with van der Waals surface area (Å²) in [5, 5.41) is 0. The van der Waals surface area contributed by atoms with Gasteiger partial charge < -0.3 is 14.2 Å². The molecule has 0 bridgehead atoms. The van der Waals surface area contributed by atoms with Gasteiger partial charge in [0.25, 0.3) is 0 Å². The summed E-state index contributed by atoms with van der Waals surface area (Å²) in [6.07, 6.45) is 3.78. The SMILES string of the molecule is CCC(C)(C)C(=O)Oc1ccc(-c2ccc(OC(=O)/C=C/c3ccc(OC)cc3)cc2)cc1. The number of carbonyl (C=O) groups is 2. The second-order valence-electron chi connectivity index (χ2n) is 8.20. The fraction of sp³-hybridized carbons (Fsp3) is 0.214. The Morgan fingerprint density at radius 3 is 1.73 bits per heavy atom. The molecule has 0 aliphatic carbocycles. The molecule has 0 heterocycles. The van der Waals surface area contributed by atoms with Gasteiger partial charge in [-0.15, -0.1) is 0 Å². The lowest BCUT2D eigenvalue weighted by Crippen LogP contribution is -2.28. The molecule has 3 aromatic carbocycles. The van der Waals surface area contributed by atoms with Gasteiger partial charge in [0.15, 0.2) is 0 Å². The summed E-state index contributed by atoms with van der Waals surface area (Å²) in [4.78, 5) is 24.3. The maximum Gasteiger partial charge on any atom is 0.336 e. The summed E-state index contributed by atoms with van der Waals surface area (Å²) < 4.78 is 16.0. The predicted octanol–water partition coefficient (Wildman–Crippen LogP) is 6.32. The quantitative estimate of drug-likeness (QED) is 0.231. The minimum Gasteiger partial charge on any atom is -0.497 e. The molecule has 0 amide bonds. The van der Waals surface area contributed by atoms with Crippen molar-refractivity contribution in [2.45, 2.75) is 27.2 Å². The number of rotatable bonds is 8. The monoisotopic (exact) mass is 444 g/mol. The third-order valence-electron chi connectivity index (χ3n) is 5.44. The van der Waals surface area contributed by atoms with Gasteiger partial charge >= 0.3 is 11.9 Å². The van der Waals surface area contributed by atoms with Gasteiger partial charge in [-0.1, -0.05) is 43.3 Å². The topological polar surface area (TPSA) is 61.8 Å². The van der Waals surface area contributed by atoms with E-state index in [1.807, 2.05) is 69.3 Å². The van der Waals surface area contributed by atoms with Crippen LogP contribution in [0.1, 0.15) is 32.8 Å². The number of ether oxygens (including phenoxy) is 3. The number of esters is 2. The average Bonchev–Trinajstić information content (AvgIpc) is 2.84. The Hall–Kier alpha value is -3.86. The van der Waals surface area contributed by atoms with Crippen molar-refractivity contribution in [1.29, 1.82) is 0 Å². The predicted molar refractivity (Wildman–Crippen MR) is 129 cm³/mol. The van der Waals surface area contributed by atoms with E-state index in [0.29, 0.717) is 17.9 Å². The molecule has 3 aromatic rings. The minimum absolute atomic E-state index is 0.245. The Kier molecular flexibility index (Phi) is 7.67. The van der Waals surface area contributed by atoms with Gasteiger partial charge in [-0.2, -0.15) is 0 Å². The first-order chi connectivity index (χ1) is 15.8. The molecular formula is C28H28O5. The van der Waals surface area contributed by atoms with E-state index in [-0.39, 0.29) is 5.97 Å². The normalized spacial score (nSPS) is 11.3. The Morgan fingerprint density at radius 2 is 1.24 bits per heavy atom. The van der Waals surface area contributed by atoms with Crippen molar-refractivity contribution in [3.63, 3.8) is 0 Å². The van der Waals surface area contributed by atoms with Gasteiger partial charge in [0.05, 0.1) is 12.5 Å². The molecular weight excluding hydrogens is 416 g/mol. The van der Waals surface area contributed by atoms with Gasteiger partial charge in [-0.3, -0.25) is 4.79 Å². The van der Waals surface area contributed by atoms with Gasteiger partial charge in [-0.05, 0) is 79.4 Å². The van der Waals surface area contributed by atoms with Crippen molar-refractivity contribution in [3.8, 4) is 28.4 Å². The van der Waals surface area contributed by atoms with E-state index < -0.39 is 11.4 Å². The number of hydrogen-bond acceptors (Lipinski definition) is 5. The number of hydrogen-bond donors (Lipinski definition) is 0. The third-order valence-corrected chi connectivity index (χ3v) is 5.44. The van der Waals surface area contributed by atoms with Crippen LogP contribution in [0.5, 0.6) is 17.2 Å². The molecule has 3 rings (SSSR count). The molecule has 0 aromatic heterocycles. The zero-order chi connectivity index (χ0) is 23.8. The summed E-state index contributed by atoms with van der Waals surface area (Å²) in [6.45, 7) is 5.70. The molecule has 0 saturated carbocycles. The van der Waals surface area contributed by atoms with E-state index in [1.54, 1.807) is 37.5 Å². The highest BCUT2D eigenvalue weighted by molar-refractivity contribution is 5.88. The van der Waals surface area contributed by atoms with Crippen LogP contribution in [-0.2, 0) is 9.59 Å². The Balaban J connectivity index is 1.58. The molecule has 0 aliphatic heterocycles. The Labute approximate surface area is 194 Å². The van der Waals surface area contributed by atoms with E-state index >= 15 is 0 Å². The molecule has 5 heteroatoms. The van der Waals surface area contributed by atoms with Gasteiger partial charge in [0.1, 0.15) is 17.2 Å². The largest absolute Gasteiger partial charge is 0.497 e.